The van der Waals surface area contributed by atoms with E-state index in [4.69, 9.17) is 9.51 Å². The molecule has 0 saturated carbocycles. The van der Waals surface area contributed by atoms with Crippen molar-refractivity contribution in [2.24, 2.45) is 0 Å². The van der Waals surface area contributed by atoms with Crippen LogP contribution in [0.25, 0.3) is 16.6 Å². The average Bonchev–Trinajstić information content (AvgIpc) is 3.22. The predicted octanol–water partition coefficient (Wildman–Crippen LogP) is 5.54. The third kappa shape index (κ3) is 4.02. The molecule has 0 aliphatic carbocycles. The van der Waals surface area contributed by atoms with Gasteiger partial charge in [-0.2, -0.15) is 4.98 Å². The SMILES string of the molecule is Cc1cccc(-n2c(SC(C)c3nc(C(C)(C)C)no3)nc3ccccc3c2=O)c1C. The minimum atomic E-state index is -0.200. The summed E-state index contributed by atoms with van der Waals surface area (Å²) >= 11 is 1.44. The number of hydrogen-bond donors (Lipinski definition) is 0. The number of thioether (sulfide) groups is 1. The van der Waals surface area contributed by atoms with Crippen LogP contribution in [0.4, 0.5) is 0 Å². The molecule has 4 aromatic rings. The van der Waals surface area contributed by atoms with Gasteiger partial charge in [0.2, 0.25) is 5.89 Å². The topological polar surface area (TPSA) is 73.8 Å². The molecule has 0 radical (unpaired) electrons. The maximum atomic E-state index is 13.5. The molecule has 0 fully saturated rings. The summed E-state index contributed by atoms with van der Waals surface area (Å²) < 4.78 is 7.24. The zero-order chi connectivity index (χ0) is 22.3. The van der Waals surface area contributed by atoms with Gasteiger partial charge in [-0.25, -0.2) is 4.98 Å². The van der Waals surface area contributed by atoms with E-state index in [1.807, 2.05) is 84.0 Å². The number of aryl methyl sites for hydroxylation is 1. The lowest BCUT2D eigenvalue weighted by molar-refractivity contribution is 0.364. The molecule has 0 bridgehead atoms. The highest BCUT2D eigenvalue weighted by atomic mass is 32.2. The Hall–Kier alpha value is -2.93. The van der Waals surface area contributed by atoms with Crippen LogP contribution in [-0.2, 0) is 5.41 Å². The minimum absolute atomic E-state index is 0.0880. The molecule has 4 rings (SSSR count). The average molecular weight is 435 g/mol. The van der Waals surface area contributed by atoms with E-state index in [0.29, 0.717) is 27.8 Å². The molecule has 160 valence electrons. The first-order valence-electron chi connectivity index (χ1n) is 10.3. The fourth-order valence-electron chi connectivity index (χ4n) is 3.30. The Morgan fingerprint density at radius 3 is 2.48 bits per heavy atom. The third-order valence-corrected chi connectivity index (χ3v) is 6.34. The van der Waals surface area contributed by atoms with E-state index in [2.05, 4.69) is 10.1 Å². The first kappa shape index (κ1) is 21.3. The van der Waals surface area contributed by atoms with Crippen molar-refractivity contribution in [1.29, 1.82) is 0 Å². The number of hydrogen-bond acceptors (Lipinski definition) is 6. The van der Waals surface area contributed by atoms with Gasteiger partial charge in [-0.3, -0.25) is 9.36 Å². The predicted molar refractivity (Wildman–Crippen MR) is 124 cm³/mol. The van der Waals surface area contributed by atoms with Gasteiger partial charge in [0.25, 0.3) is 5.56 Å². The van der Waals surface area contributed by atoms with Crippen LogP contribution in [0.3, 0.4) is 0 Å². The van der Waals surface area contributed by atoms with Crippen LogP contribution in [-0.4, -0.2) is 19.7 Å². The molecule has 0 aliphatic rings. The van der Waals surface area contributed by atoms with Gasteiger partial charge in [0.1, 0.15) is 0 Å². The molecule has 7 heteroatoms. The van der Waals surface area contributed by atoms with Crippen LogP contribution in [0.5, 0.6) is 0 Å². The number of para-hydroxylation sites is 1. The van der Waals surface area contributed by atoms with Gasteiger partial charge in [0, 0.05) is 5.41 Å². The summed E-state index contributed by atoms with van der Waals surface area (Å²) in [5.74, 6) is 1.18. The Morgan fingerprint density at radius 1 is 1.03 bits per heavy atom. The number of aromatic nitrogens is 4. The van der Waals surface area contributed by atoms with Crippen LogP contribution in [0, 0.1) is 13.8 Å². The summed E-state index contributed by atoms with van der Waals surface area (Å²) in [4.78, 5) is 22.9. The minimum Gasteiger partial charge on any atom is -0.338 e. The van der Waals surface area contributed by atoms with Crippen molar-refractivity contribution in [3.05, 3.63) is 75.7 Å². The van der Waals surface area contributed by atoms with Crippen molar-refractivity contribution in [2.75, 3.05) is 0 Å². The van der Waals surface area contributed by atoms with Crippen LogP contribution in [0.1, 0.15) is 55.8 Å². The van der Waals surface area contributed by atoms with E-state index >= 15 is 0 Å². The van der Waals surface area contributed by atoms with Crippen molar-refractivity contribution in [3.8, 4) is 5.69 Å². The second kappa shape index (κ2) is 7.96. The standard InChI is InChI=1S/C24H26N4O2S/c1-14-10-9-13-19(15(14)2)28-21(29)17-11-7-8-12-18(17)25-23(28)31-16(3)20-26-22(27-30-20)24(4,5)6/h7-13,16H,1-6H3. The van der Waals surface area contributed by atoms with Gasteiger partial charge in [-0.05, 0) is 50.1 Å². The molecule has 1 unspecified atom stereocenters. The van der Waals surface area contributed by atoms with Crippen molar-refractivity contribution >= 4 is 22.7 Å². The smallest absolute Gasteiger partial charge is 0.266 e. The summed E-state index contributed by atoms with van der Waals surface area (Å²) in [7, 11) is 0. The first-order valence-corrected chi connectivity index (χ1v) is 11.1. The fourth-order valence-corrected chi connectivity index (χ4v) is 4.25. The number of nitrogens with zero attached hydrogens (tertiary/aromatic N) is 4. The number of benzene rings is 2. The zero-order valence-corrected chi connectivity index (χ0v) is 19.4. The third-order valence-electron chi connectivity index (χ3n) is 5.30. The molecule has 6 nitrogen and oxygen atoms in total. The lowest BCUT2D eigenvalue weighted by Crippen LogP contribution is -2.23. The Morgan fingerprint density at radius 2 is 1.77 bits per heavy atom. The zero-order valence-electron chi connectivity index (χ0n) is 18.6. The molecule has 2 aromatic heterocycles. The monoisotopic (exact) mass is 434 g/mol. The van der Waals surface area contributed by atoms with E-state index in [9.17, 15) is 4.79 Å². The lowest BCUT2D eigenvalue weighted by atomic mass is 9.96. The van der Waals surface area contributed by atoms with Gasteiger partial charge >= 0.3 is 0 Å². The summed E-state index contributed by atoms with van der Waals surface area (Å²) in [6.07, 6.45) is 0. The van der Waals surface area contributed by atoms with Crippen LogP contribution >= 0.6 is 11.8 Å². The van der Waals surface area contributed by atoms with Crippen molar-refractivity contribution < 1.29 is 4.52 Å². The summed E-state index contributed by atoms with van der Waals surface area (Å²) in [6, 6.07) is 13.4. The van der Waals surface area contributed by atoms with Crippen LogP contribution in [0.15, 0.2) is 56.9 Å². The van der Waals surface area contributed by atoms with E-state index in [1.165, 1.54) is 11.8 Å². The van der Waals surface area contributed by atoms with Crippen molar-refractivity contribution in [1.82, 2.24) is 19.7 Å². The number of rotatable bonds is 4. The van der Waals surface area contributed by atoms with E-state index in [-0.39, 0.29) is 16.2 Å². The van der Waals surface area contributed by atoms with Crippen LogP contribution in [0.2, 0.25) is 0 Å². The Balaban J connectivity index is 1.86. The van der Waals surface area contributed by atoms with Gasteiger partial charge in [0.15, 0.2) is 11.0 Å². The van der Waals surface area contributed by atoms with Gasteiger partial charge in [-0.15, -0.1) is 0 Å². The molecule has 2 aromatic carbocycles. The largest absolute Gasteiger partial charge is 0.338 e. The van der Waals surface area contributed by atoms with Crippen LogP contribution < -0.4 is 5.56 Å². The lowest BCUT2D eigenvalue weighted by Gasteiger charge is -2.17. The van der Waals surface area contributed by atoms with Gasteiger partial charge < -0.3 is 4.52 Å². The quantitative estimate of drug-likeness (QED) is 0.310. The molecule has 0 spiro atoms. The summed E-state index contributed by atoms with van der Waals surface area (Å²) in [5, 5.41) is 5.15. The molecular weight excluding hydrogens is 408 g/mol. The van der Waals surface area contributed by atoms with E-state index in [1.54, 1.807) is 4.57 Å². The molecule has 0 amide bonds. The van der Waals surface area contributed by atoms with Crippen molar-refractivity contribution in [3.63, 3.8) is 0 Å². The Labute approximate surface area is 185 Å². The molecular formula is C24H26N4O2S. The Bertz CT molecular complexity index is 1320. The van der Waals surface area contributed by atoms with Crippen molar-refractivity contribution in [2.45, 2.75) is 57.4 Å². The molecule has 0 N–H and O–H groups in total. The second-order valence-electron chi connectivity index (χ2n) is 8.74. The number of fused-ring (bicyclic) bond motifs is 1. The van der Waals surface area contributed by atoms with Gasteiger partial charge in [-0.1, -0.05) is 62.0 Å². The molecule has 31 heavy (non-hydrogen) atoms. The maximum Gasteiger partial charge on any atom is 0.266 e. The highest BCUT2D eigenvalue weighted by molar-refractivity contribution is 7.99. The fraction of sp³-hybridized carbons (Fsp3) is 0.333. The van der Waals surface area contributed by atoms with Gasteiger partial charge in [0.05, 0.1) is 21.8 Å². The molecule has 1 atom stereocenters. The summed E-state index contributed by atoms with van der Waals surface area (Å²) in [5.41, 5.74) is 3.38. The normalized spacial score (nSPS) is 13.0. The summed E-state index contributed by atoms with van der Waals surface area (Å²) in [6.45, 7) is 12.2. The van der Waals surface area contributed by atoms with E-state index < -0.39 is 0 Å². The first-order chi connectivity index (χ1) is 14.7. The highest BCUT2D eigenvalue weighted by Gasteiger charge is 2.25. The molecule has 0 aliphatic heterocycles. The second-order valence-corrected chi connectivity index (χ2v) is 10.0. The Kier molecular flexibility index (Phi) is 5.47. The van der Waals surface area contributed by atoms with E-state index in [0.717, 1.165) is 16.8 Å². The maximum absolute atomic E-state index is 13.5. The molecule has 0 saturated heterocycles. The highest BCUT2D eigenvalue weighted by Crippen LogP contribution is 2.35. The molecule has 2 heterocycles.